The molecule has 0 bridgehead atoms. The zero-order chi connectivity index (χ0) is 32.6. The van der Waals surface area contributed by atoms with Crippen molar-refractivity contribution in [2.45, 2.75) is 0 Å². The van der Waals surface area contributed by atoms with Crippen LogP contribution in [0.2, 0.25) is 0 Å². The Morgan fingerprint density at radius 1 is 0.245 bits per heavy atom. The molecule has 0 heterocycles. The Bertz CT molecular complexity index is 2560. The molecular formula is C48H33N. The van der Waals surface area contributed by atoms with E-state index >= 15 is 0 Å². The first-order valence-electron chi connectivity index (χ1n) is 16.9. The first kappa shape index (κ1) is 28.8. The fraction of sp³-hybridized carbons (Fsp3) is 0. The minimum absolute atomic E-state index is 1.11. The van der Waals surface area contributed by atoms with Crippen LogP contribution in [0.3, 0.4) is 0 Å². The lowest BCUT2D eigenvalue weighted by Crippen LogP contribution is -2.09. The van der Waals surface area contributed by atoms with Gasteiger partial charge in [-0.2, -0.15) is 0 Å². The lowest BCUT2D eigenvalue weighted by Gasteiger charge is -2.26. The first-order valence-corrected chi connectivity index (χ1v) is 16.9. The van der Waals surface area contributed by atoms with Gasteiger partial charge >= 0.3 is 0 Å². The molecule has 0 aliphatic heterocycles. The van der Waals surface area contributed by atoms with Gasteiger partial charge < -0.3 is 4.90 Å². The minimum Gasteiger partial charge on any atom is -0.311 e. The molecule has 0 saturated carbocycles. The third-order valence-electron chi connectivity index (χ3n) is 9.65. The van der Waals surface area contributed by atoms with Crippen LogP contribution in [-0.2, 0) is 0 Å². The Hall–Kier alpha value is -6.44. The van der Waals surface area contributed by atoms with Crippen molar-refractivity contribution in [2.75, 3.05) is 4.90 Å². The summed E-state index contributed by atoms with van der Waals surface area (Å²) in [4.78, 5) is 2.34. The lowest BCUT2D eigenvalue weighted by molar-refractivity contribution is 1.28. The van der Waals surface area contributed by atoms with Gasteiger partial charge in [0.25, 0.3) is 0 Å². The van der Waals surface area contributed by atoms with E-state index in [1.54, 1.807) is 0 Å². The summed E-state index contributed by atoms with van der Waals surface area (Å²) in [6.45, 7) is 0. The fourth-order valence-corrected chi connectivity index (χ4v) is 7.41. The van der Waals surface area contributed by atoms with Gasteiger partial charge in [0.15, 0.2) is 0 Å². The van der Waals surface area contributed by atoms with Crippen LogP contribution in [0.5, 0.6) is 0 Å². The Balaban J connectivity index is 1.18. The molecule has 0 fully saturated rings. The lowest BCUT2D eigenvalue weighted by atomic mass is 9.85. The number of anilines is 3. The van der Waals surface area contributed by atoms with Crippen LogP contribution in [0.15, 0.2) is 200 Å². The minimum atomic E-state index is 1.11. The van der Waals surface area contributed by atoms with Crippen molar-refractivity contribution in [3.63, 3.8) is 0 Å². The highest BCUT2D eigenvalue weighted by atomic mass is 15.1. The van der Waals surface area contributed by atoms with Crippen molar-refractivity contribution in [1.82, 2.24) is 0 Å². The average Bonchev–Trinajstić information content (AvgIpc) is 3.19. The van der Waals surface area contributed by atoms with Crippen molar-refractivity contribution >= 4 is 49.4 Å². The molecule has 0 saturated heterocycles. The topological polar surface area (TPSA) is 3.24 Å². The summed E-state index contributed by atoms with van der Waals surface area (Å²) in [5.74, 6) is 0. The zero-order valence-corrected chi connectivity index (χ0v) is 27.0. The van der Waals surface area contributed by atoms with Gasteiger partial charge in [0.2, 0.25) is 0 Å². The van der Waals surface area contributed by atoms with Gasteiger partial charge in [0.1, 0.15) is 0 Å². The van der Waals surface area contributed by atoms with Crippen LogP contribution in [0, 0.1) is 0 Å². The Morgan fingerprint density at radius 3 is 1.24 bits per heavy atom. The predicted molar refractivity (Wildman–Crippen MR) is 210 cm³/mol. The molecule has 0 aromatic heterocycles. The van der Waals surface area contributed by atoms with Crippen molar-refractivity contribution in [3.05, 3.63) is 200 Å². The monoisotopic (exact) mass is 623 g/mol. The number of benzene rings is 9. The molecule has 1 heteroatoms. The first-order chi connectivity index (χ1) is 24.3. The highest BCUT2D eigenvalue weighted by Gasteiger charge is 2.19. The number of hydrogen-bond donors (Lipinski definition) is 0. The van der Waals surface area contributed by atoms with Gasteiger partial charge in [-0.3, -0.25) is 0 Å². The summed E-state index contributed by atoms with van der Waals surface area (Å²) < 4.78 is 0. The number of hydrogen-bond acceptors (Lipinski definition) is 1. The molecule has 9 rings (SSSR count). The van der Waals surface area contributed by atoms with E-state index in [0.717, 1.165) is 17.1 Å². The van der Waals surface area contributed by atoms with Crippen LogP contribution in [0.4, 0.5) is 17.1 Å². The smallest absolute Gasteiger partial charge is 0.0462 e. The van der Waals surface area contributed by atoms with Gasteiger partial charge in [-0.05, 0) is 102 Å². The van der Waals surface area contributed by atoms with Crippen LogP contribution in [0.25, 0.3) is 65.7 Å². The second kappa shape index (κ2) is 12.3. The highest BCUT2D eigenvalue weighted by molar-refractivity contribution is 6.21. The summed E-state index contributed by atoms with van der Waals surface area (Å²) in [5, 5.41) is 7.60. The molecule has 9 aromatic carbocycles. The summed E-state index contributed by atoms with van der Waals surface area (Å²) in [5.41, 5.74) is 10.8. The molecule has 49 heavy (non-hydrogen) atoms. The molecule has 0 unspecified atom stereocenters. The number of nitrogens with zero attached hydrogens (tertiary/aromatic N) is 1. The van der Waals surface area contributed by atoms with Crippen LogP contribution in [0.1, 0.15) is 0 Å². The van der Waals surface area contributed by atoms with E-state index in [9.17, 15) is 0 Å². The summed E-state index contributed by atoms with van der Waals surface area (Å²) in [6, 6.07) is 72.3. The third kappa shape index (κ3) is 5.13. The standard InChI is InChI=1S/C48H33N/c1-3-15-36(16-4-1)47-45-23-11-9-21-43(45)44-22-10-12-24-46(44)48(47)37-28-32-40(33-29-37)49(38-18-5-2-6-19-38)39-30-26-35(27-31-39)42-25-13-17-34-14-7-8-20-41(34)42/h1-33H. The van der Waals surface area contributed by atoms with E-state index in [4.69, 9.17) is 0 Å². The van der Waals surface area contributed by atoms with Gasteiger partial charge in [-0.25, -0.2) is 0 Å². The Morgan fingerprint density at radius 2 is 0.653 bits per heavy atom. The Labute approximate surface area is 287 Å². The summed E-state index contributed by atoms with van der Waals surface area (Å²) >= 11 is 0. The van der Waals surface area contributed by atoms with E-state index in [1.165, 1.54) is 65.7 Å². The molecule has 230 valence electrons. The highest BCUT2D eigenvalue weighted by Crippen LogP contribution is 2.45. The quantitative estimate of drug-likeness (QED) is 0.167. The van der Waals surface area contributed by atoms with Crippen LogP contribution < -0.4 is 4.90 Å². The largest absolute Gasteiger partial charge is 0.311 e. The molecule has 0 amide bonds. The third-order valence-corrected chi connectivity index (χ3v) is 9.65. The van der Waals surface area contributed by atoms with Crippen molar-refractivity contribution in [1.29, 1.82) is 0 Å². The van der Waals surface area contributed by atoms with Gasteiger partial charge in [0, 0.05) is 17.1 Å². The molecule has 0 aliphatic rings. The zero-order valence-electron chi connectivity index (χ0n) is 27.0. The maximum atomic E-state index is 2.34. The maximum Gasteiger partial charge on any atom is 0.0462 e. The van der Waals surface area contributed by atoms with E-state index in [0.29, 0.717) is 0 Å². The van der Waals surface area contributed by atoms with Gasteiger partial charge in [0.05, 0.1) is 0 Å². The number of para-hydroxylation sites is 1. The second-order valence-electron chi connectivity index (χ2n) is 12.5. The molecule has 0 radical (unpaired) electrons. The molecule has 0 aliphatic carbocycles. The predicted octanol–water partition coefficient (Wildman–Crippen LogP) is 13.6. The van der Waals surface area contributed by atoms with E-state index in [2.05, 4.69) is 205 Å². The van der Waals surface area contributed by atoms with Gasteiger partial charge in [-0.1, -0.05) is 164 Å². The van der Waals surface area contributed by atoms with Crippen molar-refractivity contribution in [2.24, 2.45) is 0 Å². The summed E-state index contributed by atoms with van der Waals surface area (Å²) in [7, 11) is 0. The molecule has 0 atom stereocenters. The van der Waals surface area contributed by atoms with E-state index < -0.39 is 0 Å². The molecule has 0 spiro atoms. The van der Waals surface area contributed by atoms with Crippen molar-refractivity contribution < 1.29 is 0 Å². The molecule has 0 N–H and O–H groups in total. The fourth-order valence-electron chi connectivity index (χ4n) is 7.41. The van der Waals surface area contributed by atoms with E-state index in [1.807, 2.05) is 0 Å². The molecular weight excluding hydrogens is 591 g/mol. The van der Waals surface area contributed by atoms with Crippen LogP contribution >= 0.6 is 0 Å². The molecule has 9 aromatic rings. The van der Waals surface area contributed by atoms with Crippen LogP contribution in [-0.4, -0.2) is 0 Å². The van der Waals surface area contributed by atoms with E-state index in [-0.39, 0.29) is 0 Å². The Kier molecular flexibility index (Phi) is 7.22. The average molecular weight is 624 g/mol. The summed E-state index contributed by atoms with van der Waals surface area (Å²) in [6.07, 6.45) is 0. The second-order valence-corrected chi connectivity index (χ2v) is 12.5. The SMILES string of the molecule is c1ccc(-c2c(-c3ccc(N(c4ccccc4)c4ccc(-c5cccc6ccccc56)cc4)cc3)c3ccccc3c3ccccc23)cc1. The number of fused-ring (bicyclic) bond motifs is 4. The number of rotatable bonds is 6. The molecule has 1 nitrogen and oxygen atoms in total. The normalized spacial score (nSPS) is 11.3. The maximum absolute atomic E-state index is 2.34. The van der Waals surface area contributed by atoms with Gasteiger partial charge in [-0.15, -0.1) is 0 Å². The van der Waals surface area contributed by atoms with Crippen molar-refractivity contribution in [3.8, 4) is 33.4 Å².